The highest BCUT2D eigenvalue weighted by Crippen LogP contribution is 2.24. The number of aromatic nitrogens is 2. The van der Waals surface area contributed by atoms with Crippen LogP contribution < -0.4 is 5.73 Å². The van der Waals surface area contributed by atoms with Crippen LogP contribution in [-0.2, 0) is 0 Å². The molecule has 0 radical (unpaired) electrons. The van der Waals surface area contributed by atoms with Gasteiger partial charge in [0.05, 0.1) is 11.0 Å². The fourth-order valence-corrected chi connectivity index (χ4v) is 3.12. The first kappa shape index (κ1) is 14.2. The number of fused-ring (bicyclic) bond motifs is 1. The maximum atomic E-state index is 6.25. The summed E-state index contributed by atoms with van der Waals surface area (Å²) in [7, 11) is 0. The molecule has 1 aromatic heterocycles. The van der Waals surface area contributed by atoms with Gasteiger partial charge >= 0.3 is 0 Å². The molecule has 2 aromatic carbocycles. The minimum absolute atomic E-state index is 0.0190. The first-order valence-electron chi connectivity index (χ1n) is 7.03. The van der Waals surface area contributed by atoms with E-state index in [1.54, 1.807) is 11.8 Å². The summed E-state index contributed by atoms with van der Waals surface area (Å²) in [5.74, 6) is 0.807. The van der Waals surface area contributed by atoms with Crippen molar-refractivity contribution in [1.82, 2.24) is 9.97 Å². The standard InChI is InChI=1S/C17H19N3S/c1-11-3-6-13(7-4-11)14(18)10-21-17-19-15-8-5-12(2)9-16(15)20-17/h3-9,14H,10,18H2,1-2H3,(H,19,20). The number of aromatic amines is 1. The maximum Gasteiger partial charge on any atom is 0.166 e. The predicted octanol–water partition coefficient (Wildman–Crippen LogP) is 3.97. The molecule has 1 atom stereocenters. The minimum atomic E-state index is 0.0190. The first-order chi connectivity index (χ1) is 10.1. The van der Waals surface area contributed by atoms with E-state index in [0.29, 0.717) is 0 Å². The fourth-order valence-electron chi connectivity index (χ4n) is 2.25. The van der Waals surface area contributed by atoms with Gasteiger partial charge in [0, 0.05) is 11.8 Å². The third kappa shape index (κ3) is 3.28. The van der Waals surface area contributed by atoms with Gasteiger partial charge in [0.1, 0.15) is 0 Å². The van der Waals surface area contributed by atoms with Crippen LogP contribution >= 0.6 is 11.8 Å². The van der Waals surface area contributed by atoms with Gasteiger partial charge in [-0.3, -0.25) is 0 Å². The molecule has 108 valence electrons. The topological polar surface area (TPSA) is 54.7 Å². The van der Waals surface area contributed by atoms with E-state index in [-0.39, 0.29) is 6.04 Å². The highest BCUT2D eigenvalue weighted by atomic mass is 32.2. The van der Waals surface area contributed by atoms with E-state index < -0.39 is 0 Å². The number of H-pyrrole nitrogens is 1. The summed E-state index contributed by atoms with van der Waals surface area (Å²) in [6.45, 7) is 4.17. The lowest BCUT2D eigenvalue weighted by Gasteiger charge is -2.10. The van der Waals surface area contributed by atoms with Gasteiger partial charge < -0.3 is 10.7 Å². The van der Waals surface area contributed by atoms with Crippen molar-refractivity contribution in [1.29, 1.82) is 0 Å². The Labute approximate surface area is 129 Å². The highest BCUT2D eigenvalue weighted by Gasteiger charge is 2.09. The second kappa shape index (κ2) is 5.92. The molecule has 0 saturated heterocycles. The molecule has 0 spiro atoms. The Morgan fingerprint density at radius 3 is 2.57 bits per heavy atom. The van der Waals surface area contributed by atoms with Crippen LogP contribution in [0.25, 0.3) is 11.0 Å². The average Bonchev–Trinajstić information content (AvgIpc) is 2.87. The fraction of sp³-hybridized carbons (Fsp3) is 0.235. The van der Waals surface area contributed by atoms with Gasteiger partial charge in [-0.1, -0.05) is 47.7 Å². The summed E-state index contributed by atoms with van der Waals surface area (Å²) >= 11 is 1.67. The molecule has 0 fully saturated rings. The SMILES string of the molecule is Cc1ccc(C(N)CSc2nc3ccc(C)cc3[nH]2)cc1. The van der Waals surface area contributed by atoms with Crippen molar-refractivity contribution in [3.8, 4) is 0 Å². The summed E-state index contributed by atoms with van der Waals surface area (Å²) < 4.78 is 0. The Kier molecular flexibility index (Phi) is 3.99. The van der Waals surface area contributed by atoms with Crippen molar-refractivity contribution in [2.75, 3.05) is 5.75 Å². The number of rotatable bonds is 4. The number of nitrogens with one attached hydrogen (secondary N) is 1. The van der Waals surface area contributed by atoms with Crippen LogP contribution in [0, 0.1) is 13.8 Å². The molecule has 0 saturated carbocycles. The van der Waals surface area contributed by atoms with Crippen molar-refractivity contribution in [3.05, 3.63) is 59.2 Å². The van der Waals surface area contributed by atoms with Gasteiger partial charge in [0.25, 0.3) is 0 Å². The van der Waals surface area contributed by atoms with Gasteiger partial charge in [-0.2, -0.15) is 0 Å². The molecule has 0 aliphatic rings. The van der Waals surface area contributed by atoms with Crippen molar-refractivity contribution < 1.29 is 0 Å². The zero-order valence-corrected chi connectivity index (χ0v) is 13.1. The Morgan fingerprint density at radius 1 is 1.10 bits per heavy atom. The largest absolute Gasteiger partial charge is 0.333 e. The molecule has 3 nitrogen and oxygen atoms in total. The van der Waals surface area contributed by atoms with Crippen LogP contribution in [-0.4, -0.2) is 15.7 Å². The summed E-state index contributed by atoms with van der Waals surface area (Å²) in [5, 5.41) is 0.929. The molecule has 0 bridgehead atoms. The van der Waals surface area contributed by atoms with E-state index in [1.807, 2.05) is 6.07 Å². The summed E-state index contributed by atoms with van der Waals surface area (Å²) in [6, 6.07) is 14.7. The van der Waals surface area contributed by atoms with E-state index in [2.05, 4.69) is 60.2 Å². The van der Waals surface area contributed by atoms with Crippen LogP contribution in [0.15, 0.2) is 47.6 Å². The molecule has 3 rings (SSSR count). The van der Waals surface area contributed by atoms with Crippen LogP contribution in [0.4, 0.5) is 0 Å². The molecular weight excluding hydrogens is 278 g/mol. The van der Waals surface area contributed by atoms with Gasteiger partial charge in [-0.25, -0.2) is 4.98 Å². The van der Waals surface area contributed by atoms with Gasteiger partial charge in [-0.05, 0) is 37.1 Å². The molecule has 1 unspecified atom stereocenters. The van der Waals surface area contributed by atoms with Crippen molar-refractivity contribution in [2.45, 2.75) is 25.0 Å². The van der Waals surface area contributed by atoms with Crippen molar-refractivity contribution >= 4 is 22.8 Å². The quantitative estimate of drug-likeness (QED) is 0.716. The van der Waals surface area contributed by atoms with E-state index in [9.17, 15) is 0 Å². The number of nitrogens with two attached hydrogens (primary N) is 1. The number of benzene rings is 2. The zero-order valence-electron chi connectivity index (χ0n) is 12.3. The van der Waals surface area contributed by atoms with E-state index in [1.165, 1.54) is 16.7 Å². The molecule has 1 heterocycles. The summed E-state index contributed by atoms with van der Waals surface area (Å²) in [5.41, 5.74) is 12.0. The summed E-state index contributed by atoms with van der Waals surface area (Å²) in [4.78, 5) is 7.93. The summed E-state index contributed by atoms with van der Waals surface area (Å²) in [6.07, 6.45) is 0. The maximum absolute atomic E-state index is 6.25. The van der Waals surface area contributed by atoms with Gasteiger partial charge in [-0.15, -0.1) is 0 Å². The Balaban J connectivity index is 1.69. The van der Waals surface area contributed by atoms with Crippen LogP contribution in [0.1, 0.15) is 22.7 Å². The third-order valence-electron chi connectivity index (χ3n) is 3.52. The smallest absolute Gasteiger partial charge is 0.166 e. The van der Waals surface area contributed by atoms with Gasteiger partial charge in [0.15, 0.2) is 5.16 Å². The molecule has 3 aromatic rings. The van der Waals surface area contributed by atoms with Gasteiger partial charge in [0.2, 0.25) is 0 Å². The molecule has 0 aliphatic carbocycles. The second-order valence-electron chi connectivity index (χ2n) is 5.39. The number of thioether (sulfide) groups is 1. The monoisotopic (exact) mass is 297 g/mol. The molecule has 0 aliphatic heterocycles. The number of aryl methyl sites for hydroxylation is 2. The van der Waals surface area contributed by atoms with E-state index in [4.69, 9.17) is 5.73 Å². The van der Waals surface area contributed by atoms with E-state index >= 15 is 0 Å². The normalized spacial score (nSPS) is 12.7. The number of imidazole rings is 1. The van der Waals surface area contributed by atoms with Crippen LogP contribution in [0.2, 0.25) is 0 Å². The average molecular weight is 297 g/mol. The highest BCUT2D eigenvalue weighted by molar-refractivity contribution is 7.99. The first-order valence-corrected chi connectivity index (χ1v) is 8.02. The molecular formula is C17H19N3S. The molecule has 0 amide bonds. The zero-order chi connectivity index (χ0) is 14.8. The lowest BCUT2D eigenvalue weighted by Crippen LogP contribution is -2.12. The number of hydrogen-bond acceptors (Lipinski definition) is 3. The lowest BCUT2D eigenvalue weighted by molar-refractivity contribution is 0.828. The van der Waals surface area contributed by atoms with Crippen LogP contribution in [0.5, 0.6) is 0 Å². The Hall–Kier alpha value is -1.78. The molecule has 3 N–H and O–H groups in total. The lowest BCUT2D eigenvalue weighted by atomic mass is 10.1. The van der Waals surface area contributed by atoms with Crippen LogP contribution in [0.3, 0.4) is 0 Å². The molecule has 21 heavy (non-hydrogen) atoms. The Bertz CT molecular complexity index is 746. The molecule has 4 heteroatoms. The Morgan fingerprint density at radius 2 is 1.81 bits per heavy atom. The predicted molar refractivity (Wildman–Crippen MR) is 89.7 cm³/mol. The van der Waals surface area contributed by atoms with Crippen molar-refractivity contribution in [2.24, 2.45) is 5.73 Å². The van der Waals surface area contributed by atoms with Crippen molar-refractivity contribution in [3.63, 3.8) is 0 Å². The number of hydrogen-bond donors (Lipinski definition) is 2. The minimum Gasteiger partial charge on any atom is -0.333 e. The third-order valence-corrected chi connectivity index (χ3v) is 4.51. The number of nitrogens with zero attached hydrogens (tertiary/aromatic N) is 1. The second-order valence-corrected chi connectivity index (χ2v) is 6.40. The van der Waals surface area contributed by atoms with E-state index in [0.717, 1.165) is 21.9 Å².